The van der Waals surface area contributed by atoms with Crippen LogP contribution in [0, 0.1) is 11.8 Å². The smallest absolute Gasteiger partial charge is 0.230 e. The maximum atomic E-state index is 13.0. The quantitative estimate of drug-likeness (QED) is 0.862. The second-order valence-corrected chi connectivity index (χ2v) is 6.45. The standard InChI is InChI=1S/C17H25N3O.ClH/c1-13-11-19(2)15-5-3-4-6-16(15)20(12-13)17(21)14-7-9-18-10-8-14;/h3-6,13-14,18H,7-12H2,1-2H3;1H. The number of rotatable bonds is 1. The van der Waals surface area contributed by atoms with Crippen LogP contribution in [0.4, 0.5) is 11.4 Å². The van der Waals surface area contributed by atoms with Gasteiger partial charge in [-0.2, -0.15) is 0 Å². The molecule has 1 saturated heterocycles. The van der Waals surface area contributed by atoms with E-state index >= 15 is 0 Å². The van der Waals surface area contributed by atoms with Gasteiger partial charge in [-0.25, -0.2) is 0 Å². The van der Waals surface area contributed by atoms with E-state index in [0.717, 1.165) is 44.7 Å². The van der Waals surface area contributed by atoms with Crippen LogP contribution in [-0.4, -0.2) is 39.1 Å². The number of anilines is 2. The van der Waals surface area contributed by atoms with Gasteiger partial charge in [0.1, 0.15) is 0 Å². The number of hydrogen-bond acceptors (Lipinski definition) is 3. The highest BCUT2D eigenvalue weighted by atomic mass is 35.5. The maximum Gasteiger partial charge on any atom is 0.230 e. The van der Waals surface area contributed by atoms with Crippen molar-refractivity contribution in [1.29, 1.82) is 0 Å². The first-order valence-corrected chi connectivity index (χ1v) is 7.99. The lowest BCUT2D eigenvalue weighted by Gasteiger charge is -2.30. The zero-order valence-corrected chi connectivity index (χ0v) is 14.2. The van der Waals surface area contributed by atoms with E-state index < -0.39 is 0 Å². The van der Waals surface area contributed by atoms with Gasteiger partial charge in [0.25, 0.3) is 0 Å². The number of nitrogens with one attached hydrogen (secondary N) is 1. The number of amides is 1. The third-order valence-corrected chi connectivity index (χ3v) is 4.62. The summed E-state index contributed by atoms with van der Waals surface area (Å²) in [7, 11) is 2.12. The summed E-state index contributed by atoms with van der Waals surface area (Å²) in [5, 5.41) is 3.34. The largest absolute Gasteiger partial charge is 0.373 e. The Bertz CT molecular complexity index is 516. The third kappa shape index (κ3) is 3.39. The first-order chi connectivity index (χ1) is 10.2. The van der Waals surface area contributed by atoms with E-state index in [9.17, 15) is 4.79 Å². The molecule has 0 spiro atoms. The van der Waals surface area contributed by atoms with E-state index in [2.05, 4.69) is 42.4 Å². The zero-order chi connectivity index (χ0) is 14.8. The lowest BCUT2D eigenvalue weighted by molar-refractivity contribution is -0.123. The Hall–Kier alpha value is -1.26. The van der Waals surface area contributed by atoms with E-state index in [0.29, 0.717) is 11.8 Å². The molecule has 1 aromatic rings. The average molecular weight is 324 g/mol. The molecule has 1 N–H and O–H groups in total. The SMILES string of the molecule is CC1CN(C)c2ccccc2N(C(=O)C2CCNCC2)C1.Cl. The summed E-state index contributed by atoms with van der Waals surface area (Å²) < 4.78 is 0. The van der Waals surface area contributed by atoms with Crippen LogP contribution in [-0.2, 0) is 4.79 Å². The van der Waals surface area contributed by atoms with Crippen LogP contribution in [0.3, 0.4) is 0 Å². The molecule has 1 fully saturated rings. The molecule has 4 nitrogen and oxygen atoms in total. The first-order valence-electron chi connectivity index (χ1n) is 7.99. The molecule has 1 unspecified atom stereocenters. The molecule has 0 saturated carbocycles. The normalized spacial score (nSPS) is 22.5. The first kappa shape index (κ1) is 17.1. The van der Waals surface area contributed by atoms with Gasteiger partial charge in [-0.1, -0.05) is 19.1 Å². The molecule has 122 valence electrons. The Balaban J connectivity index is 0.00000176. The van der Waals surface area contributed by atoms with Crippen molar-refractivity contribution >= 4 is 29.7 Å². The summed E-state index contributed by atoms with van der Waals surface area (Å²) in [6, 6.07) is 8.29. The van der Waals surface area contributed by atoms with E-state index in [1.165, 1.54) is 5.69 Å². The molecule has 1 atom stereocenters. The molecule has 0 bridgehead atoms. The number of carbonyl (C=O) groups is 1. The van der Waals surface area contributed by atoms with Crippen LogP contribution in [0.15, 0.2) is 24.3 Å². The fourth-order valence-corrected chi connectivity index (χ4v) is 3.55. The summed E-state index contributed by atoms with van der Waals surface area (Å²) in [4.78, 5) is 17.3. The molecule has 22 heavy (non-hydrogen) atoms. The number of nitrogens with zero attached hydrogens (tertiary/aromatic N) is 2. The van der Waals surface area contributed by atoms with Gasteiger partial charge in [0.05, 0.1) is 11.4 Å². The van der Waals surface area contributed by atoms with Crippen LogP contribution >= 0.6 is 12.4 Å². The highest BCUT2D eigenvalue weighted by Gasteiger charge is 2.31. The molecular formula is C17H26ClN3O. The predicted octanol–water partition coefficient (Wildman–Crippen LogP) is 2.53. The summed E-state index contributed by atoms with van der Waals surface area (Å²) in [6.07, 6.45) is 1.92. The van der Waals surface area contributed by atoms with Crippen molar-refractivity contribution in [2.75, 3.05) is 43.0 Å². The molecule has 2 aliphatic heterocycles. The number of piperidine rings is 1. The number of carbonyl (C=O) groups excluding carboxylic acids is 1. The molecule has 0 aliphatic carbocycles. The van der Waals surface area contributed by atoms with Gasteiger partial charge >= 0.3 is 0 Å². The molecule has 5 heteroatoms. The van der Waals surface area contributed by atoms with Gasteiger partial charge in [-0.15, -0.1) is 12.4 Å². The molecule has 2 aliphatic rings. The van der Waals surface area contributed by atoms with Crippen LogP contribution in [0.1, 0.15) is 19.8 Å². The topological polar surface area (TPSA) is 35.6 Å². The van der Waals surface area contributed by atoms with Crippen molar-refractivity contribution in [2.45, 2.75) is 19.8 Å². The second-order valence-electron chi connectivity index (χ2n) is 6.45. The van der Waals surface area contributed by atoms with Gasteiger partial charge in [-0.3, -0.25) is 4.79 Å². The van der Waals surface area contributed by atoms with Gasteiger partial charge < -0.3 is 15.1 Å². The van der Waals surface area contributed by atoms with Crippen molar-refractivity contribution in [3.63, 3.8) is 0 Å². The van der Waals surface area contributed by atoms with E-state index in [-0.39, 0.29) is 18.3 Å². The van der Waals surface area contributed by atoms with Crippen LogP contribution in [0.2, 0.25) is 0 Å². The third-order valence-electron chi connectivity index (χ3n) is 4.62. The van der Waals surface area contributed by atoms with Crippen LogP contribution in [0.5, 0.6) is 0 Å². The van der Waals surface area contributed by atoms with Crippen LogP contribution < -0.4 is 15.1 Å². The fraction of sp³-hybridized carbons (Fsp3) is 0.588. The van der Waals surface area contributed by atoms with Crippen LogP contribution in [0.25, 0.3) is 0 Å². The predicted molar refractivity (Wildman–Crippen MR) is 94.1 cm³/mol. The summed E-state index contributed by atoms with van der Waals surface area (Å²) in [5.41, 5.74) is 2.25. The zero-order valence-electron chi connectivity index (χ0n) is 13.4. The minimum atomic E-state index is 0. The summed E-state index contributed by atoms with van der Waals surface area (Å²) in [5.74, 6) is 0.967. The van der Waals surface area contributed by atoms with E-state index in [1.54, 1.807) is 0 Å². The molecule has 1 aromatic carbocycles. The molecule has 0 radical (unpaired) electrons. The highest BCUT2D eigenvalue weighted by Crippen LogP contribution is 2.34. The average Bonchev–Trinajstić information content (AvgIpc) is 2.64. The van der Waals surface area contributed by atoms with E-state index in [1.807, 2.05) is 11.0 Å². The second kappa shape index (κ2) is 7.34. The number of halogens is 1. The number of hydrogen-bond donors (Lipinski definition) is 1. The van der Waals surface area contributed by atoms with Crippen molar-refractivity contribution in [3.8, 4) is 0 Å². The van der Waals surface area contributed by atoms with Gasteiger partial charge in [0.15, 0.2) is 0 Å². The monoisotopic (exact) mass is 323 g/mol. The Kier molecular flexibility index (Phi) is 5.70. The number of benzene rings is 1. The Morgan fingerprint density at radius 2 is 1.77 bits per heavy atom. The van der Waals surface area contributed by atoms with Gasteiger partial charge in [-0.05, 0) is 44.0 Å². The van der Waals surface area contributed by atoms with Crippen molar-refractivity contribution in [3.05, 3.63) is 24.3 Å². The van der Waals surface area contributed by atoms with Crippen molar-refractivity contribution < 1.29 is 4.79 Å². The van der Waals surface area contributed by atoms with Gasteiger partial charge in [0, 0.05) is 26.1 Å². The van der Waals surface area contributed by atoms with Crippen molar-refractivity contribution in [1.82, 2.24) is 5.32 Å². The summed E-state index contributed by atoms with van der Waals surface area (Å²) in [6.45, 7) is 5.96. The maximum absolute atomic E-state index is 13.0. The molecule has 0 aromatic heterocycles. The van der Waals surface area contributed by atoms with Crippen molar-refractivity contribution in [2.24, 2.45) is 11.8 Å². The Morgan fingerprint density at radius 1 is 1.14 bits per heavy atom. The number of fused-ring (bicyclic) bond motifs is 1. The molecule has 2 heterocycles. The lowest BCUT2D eigenvalue weighted by Crippen LogP contribution is -2.42. The Labute approximate surface area is 139 Å². The highest BCUT2D eigenvalue weighted by molar-refractivity contribution is 5.98. The van der Waals surface area contributed by atoms with E-state index in [4.69, 9.17) is 0 Å². The summed E-state index contributed by atoms with van der Waals surface area (Å²) >= 11 is 0. The molecule has 3 rings (SSSR count). The molecular weight excluding hydrogens is 298 g/mol. The minimum absolute atomic E-state index is 0. The number of para-hydroxylation sites is 2. The Morgan fingerprint density at radius 3 is 2.45 bits per heavy atom. The lowest BCUT2D eigenvalue weighted by atomic mass is 9.96. The fourth-order valence-electron chi connectivity index (χ4n) is 3.55. The molecule has 1 amide bonds. The minimum Gasteiger partial charge on any atom is -0.373 e. The van der Waals surface area contributed by atoms with Gasteiger partial charge in [0.2, 0.25) is 5.91 Å².